The van der Waals surface area contributed by atoms with Crippen molar-refractivity contribution in [3.8, 4) is 0 Å². The molecule has 0 radical (unpaired) electrons. The van der Waals surface area contributed by atoms with Crippen LogP contribution in [0.25, 0.3) is 21.8 Å². The van der Waals surface area contributed by atoms with Gasteiger partial charge in [0, 0.05) is 105 Å². The highest BCUT2D eigenvalue weighted by Gasteiger charge is 2.33. The largest absolute Gasteiger partial charge is 0.444 e. The van der Waals surface area contributed by atoms with Gasteiger partial charge in [0.05, 0.1) is 24.0 Å². The molecule has 4 aromatic heterocycles. The highest BCUT2D eigenvalue weighted by atomic mass is 16.6. The average molecular weight is 964 g/mol. The number of likely N-dealkylation sites (tertiary alicyclic amines) is 2. The molecule has 0 spiro atoms. The summed E-state index contributed by atoms with van der Waals surface area (Å²) in [7, 11) is 0. The molecule has 1 amide bonds. The van der Waals surface area contributed by atoms with Crippen molar-refractivity contribution < 1.29 is 19.1 Å². The van der Waals surface area contributed by atoms with E-state index in [1.807, 2.05) is 87.1 Å². The van der Waals surface area contributed by atoms with Gasteiger partial charge in [-0.25, -0.2) is 4.79 Å². The molecule has 2 fully saturated rings. The Morgan fingerprint density at radius 3 is 1.56 bits per heavy atom. The molecule has 13 nitrogen and oxygen atoms in total. The van der Waals surface area contributed by atoms with Crippen LogP contribution in [0.3, 0.4) is 0 Å². The highest BCUT2D eigenvalue weighted by molar-refractivity contribution is 5.86. The number of piperidine rings is 2. The molecule has 0 unspecified atom stereocenters. The van der Waals surface area contributed by atoms with Gasteiger partial charge >= 0.3 is 6.09 Å². The first-order chi connectivity index (χ1) is 34.0. The topological polar surface area (TPSA) is 140 Å². The van der Waals surface area contributed by atoms with E-state index in [2.05, 4.69) is 63.1 Å². The van der Waals surface area contributed by atoms with E-state index in [1.54, 1.807) is 29.4 Å². The number of hydrogen-bond acceptors (Lipinski definition) is 10. The van der Waals surface area contributed by atoms with Gasteiger partial charge in [-0.15, -0.1) is 0 Å². The van der Waals surface area contributed by atoms with Crippen LogP contribution in [0, 0.1) is 33.6 Å². The number of ether oxygens (including phenoxy) is 1. The van der Waals surface area contributed by atoms with Crippen LogP contribution in [0.5, 0.6) is 0 Å². The lowest BCUT2D eigenvalue weighted by atomic mass is 9.91. The van der Waals surface area contributed by atoms with Gasteiger partial charge < -0.3 is 23.7 Å². The van der Waals surface area contributed by atoms with E-state index in [1.165, 1.54) is 5.56 Å². The summed E-state index contributed by atoms with van der Waals surface area (Å²) in [5, 5.41) is 2.26. The van der Waals surface area contributed by atoms with Crippen LogP contribution in [0.4, 0.5) is 4.79 Å². The third-order valence-corrected chi connectivity index (χ3v) is 13.9. The number of rotatable bonds is 16. The van der Waals surface area contributed by atoms with Gasteiger partial charge in [0.15, 0.2) is 5.78 Å². The van der Waals surface area contributed by atoms with Crippen molar-refractivity contribution in [3.05, 3.63) is 152 Å². The van der Waals surface area contributed by atoms with Crippen LogP contribution in [-0.4, -0.2) is 109 Å². The molecule has 2 aromatic carbocycles. The van der Waals surface area contributed by atoms with Crippen molar-refractivity contribution in [1.29, 1.82) is 0 Å². The van der Waals surface area contributed by atoms with Crippen molar-refractivity contribution in [1.82, 2.24) is 33.8 Å². The number of amides is 1. The van der Waals surface area contributed by atoms with E-state index in [-0.39, 0.29) is 41.7 Å². The Morgan fingerprint density at radius 1 is 0.620 bits per heavy atom. The highest BCUT2D eigenvalue weighted by Crippen LogP contribution is 2.25. The summed E-state index contributed by atoms with van der Waals surface area (Å²) in [4.78, 5) is 78.8. The Bertz CT molecular complexity index is 2890. The summed E-state index contributed by atoms with van der Waals surface area (Å²) in [6.07, 6.45) is 8.91. The van der Waals surface area contributed by atoms with Crippen molar-refractivity contribution >= 4 is 39.5 Å². The number of benzene rings is 2. The fourth-order valence-electron chi connectivity index (χ4n) is 9.99. The molecule has 6 aromatic rings. The van der Waals surface area contributed by atoms with Crippen LogP contribution >= 0.6 is 0 Å². The summed E-state index contributed by atoms with van der Waals surface area (Å²) in [5.41, 5.74) is 7.35. The molecular formula is C58H73N7O6. The van der Waals surface area contributed by atoms with Gasteiger partial charge in [-0.2, -0.15) is 0 Å². The second-order valence-electron chi connectivity index (χ2n) is 20.8. The standard InChI is InChI=1S/C31H40N4O4.C27H33N3O2/c1-22-9-10-27-23(2)19-29(37)34(28(27)18-22)17-16-33-14-11-25(12-15-33)35(30(38)39-31(3,4)5)21-26(36)20-24-8-6-7-13-32-24;1-20-6-9-25-21(2)18-27(32)30(26(25)17-20)16-15-29-13-10-22(11-14-29)7-8-24(31)19-23-5-3-4-12-28-23/h6-10,13,18-19,25H,11-12,14-17,20-21H2,1-5H3;3-6,9,12,17-18,22H,7-8,10-11,13-16,19H2,1-2H3. The van der Waals surface area contributed by atoms with Crippen molar-refractivity contribution in [2.45, 2.75) is 125 Å². The number of aromatic nitrogens is 4. The minimum absolute atomic E-state index is 0.000253. The van der Waals surface area contributed by atoms with Gasteiger partial charge in [0.25, 0.3) is 11.1 Å². The molecular weight excluding hydrogens is 891 g/mol. The van der Waals surface area contributed by atoms with E-state index in [0.717, 1.165) is 116 Å². The number of nitrogens with zero attached hydrogens (tertiary/aromatic N) is 7. The minimum atomic E-state index is -0.650. The van der Waals surface area contributed by atoms with E-state index >= 15 is 0 Å². The molecule has 2 saturated heterocycles. The summed E-state index contributed by atoms with van der Waals surface area (Å²) in [5.74, 6) is 0.833. The fraction of sp³-hybridized carbons (Fsp3) is 0.466. The Labute approximate surface area is 418 Å². The molecule has 0 N–H and O–H groups in total. The van der Waals surface area contributed by atoms with E-state index in [0.29, 0.717) is 37.5 Å². The fourth-order valence-corrected chi connectivity index (χ4v) is 9.99. The zero-order valence-electron chi connectivity index (χ0n) is 43.0. The van der Waals surface area contributed by atoms with Gasteiger partial charge in [-0.05, 0) is 158 Å². The van der Waals surface area contributed by atoms with Gasteiger partial charge in [0.1, 0.15) is 11.4 Å². The molecule has 0 atom stereocenters. The van der Waals surface area contributed by atoms with Crippen molar-refractivity contribution in [2.75, 3.05) is 45.8 Å². The second kappa shape index (κ2) is 24.2. The van der Waals surface area contributed by atoms with E-state index < -0.39 is 11.7 Å². The monoisotopic (exact) mass is 964 g/mol. The van der Waals surface area contributed by atoms with Gasteiger partial charge in [-0.1, -0.05) is 36.4 Å². The Kier molecular flexibility index (Phi) is 17.9. The summed E-state index contributed by atoms with van der Waals surface area (Å²) in [6.45, 7) is 20.2. The Morgan fingerprint density at radius 2 is 1.10 bits per heavy atom. The number of ketones is 2. The van der Waals surface area contributed by atoms with E-state index in [4.69, 9.17) is 4.74 Å². The molecule has 71 heavy (non-hydrogen) atoms. The van der Waals surface area contributed by atoms with Crippen molar-refractivity contribution in [3.63, 3.8) is 0 Å². The number of carbonyl (C=O) groups excluding carboxylic acids is 3. The molecule has 0 saturated carbocycles. The quantitative estimate of drug-likeness (QED) is 0.0925. The number of Topliss-reactive ketones (excluding diaryl/α,β-unsaturated/α-hetero) is 2. The maximum absolute atomic E-state index is 13.1. The van der Waals surface area contributed by atoms with Gasteiger partial charge in [0.2, 0.25) is 0 Å². The third kappa shape index (κ3) is 14.9. The maximum Gasteiger partial charge on any atom is 0.410 e. The molecule has 0 aliphatic carbocycles. The first-order valence-corrected chi connectivity index (χ1v) is 25.5. The molecule has 13 heteroatoms. The number of pyridine rings is 4. The lowest BCUT2D eigenvalue weighted by molar-refractivity contribution is -0.120. The van der Waals surface area contributed by atoms with Crippen LogP contribution < -0.4 is 11.1 Å². The summed E-state index contributed by atoms with van der Waals surface area (Å²) >= 11 is 0. The molecule has 2 aliphatic rings. The predicted molar refractivity (Wildman–Crippen MR) is 282 cm³/mol. The molecule has 8 rings (SSSR count). The second-order valence-corrected chi connectivity index (χ2v) is 20.8. The number of carbonyl (C=O) groups is 3. The number of aryl methyl sites for hydroxylation is 4. The van der Waals surface area contributed by atoms with Crippen LogP contribution in [-0.2, 0) is 40.3 Å². The van der Waals surface area contributed by atoms with E-state index in [9.17, 15) is 24.0 Å². The van der Waals surface area contributed by atoms with Crippen LogP contribution in [0.15, 0.2) is 107 Å². The first-order valence-electron chi connectivity index (χ1n) is 25.5. The van der Waals surface area contributed by atoms with Crippen molar-refractivity contribution in [2.24, 2.45) is 5.92 Å². The normalized spacial score (nSPS) is 15.1. The average Bonchev–Trinajstić information content (AvgIpc) is 3.33. The lowest BCUT2D eigenvalue weighted by Gasteiger charge is -2.38. The molecule has 376 valence electrons. The first kappa shape index (κ1) is 52.5. The predicted octanol–water partition coefficient (Wildman–Crippen LogP) is 8.84. The minimum Gasteiger partial charge on any atom is -0.444 e. The number of hydrogen-bond donors (Lipinski definition) is 0. The smallest absolute Gasteiger partial charge is 0.410 e. The SMILES string of the molecule is Cc1ccc2c(C)cc(=O)n(CCN3CCC(CCC(=O)Cc4ccccn4)CC3)c2c1.Cc1ccc2c(C)cc(=O)n(CCN3CCC(N(CC(=O)Cc4ccccn4)C(=O)OC(C)(C)C)CC3)c2c1. The Hall–Kier alpha value is -6.31. The molecule has 2 aliphatic heterocycles. The van der Waals surface area contributed by atoms with Crippen LogP contribution in [0.1, 0.15) is 92.9 Å². The summed E-state index contributed by atoms with van der Waals surface area (Å²) in [6, 6.07) is 27.2. The maximum atomic E-state index is 13.1. The Balaban J connectivity index is 0.000000213. The number of fused-ring (bicyclic) bond motifs is 2. The molecule has 6 heterocycles. The van der Waals surface area contributed by atoms with Crippen LogP contribution in [0.2, 0.25) is 0 Å². The summed E-state index contributed by atoms with van der Waals surface area (Å²) < 4.78 is 9.47. The third-order valence-electron chi connectivity index (χ3n) is 13.9. The molecule has 0 bridgehead atoms. The zero-order chi connectivity index (χ0) is 50.7. The lowest BCUT2D eigenvalue weighted by Crippen LogP contribution is -2.51. The van der Waals surface area contributed by atoms with Gasteiger partial charge in [-0.3, -0.25) is 34.0 Å². The zero-order valence-corrected chi connectivity index (χ0v) is 43.0.